The van der Waals surface area contributed by atoms with Gasteiger partial charge in [-0.25, -0.2) is 4.79 Å². The standard InChI is InChI=1S/C11H13NO4/c1-11(10(13)14)6-16-9-4-3-7(15-2)5-8(9)12-11/h3-5,12H,6H2,1-2H3,(H,13,14). The molecule has 5 heteroatoms. The maximum atomic E-state index is 11.1. The van der Waals surface area contributed by atoms with Gasteiger partial charge >= 0.3 is 5.97 Å². The highest BCUT2D eigenvalue weighted by Gasteiger charge is 2.38. The van der Waals surface area contributed by atoms with Crippen LogP contribution in [0.4, 0.5) is 5.69 Å². The van der Waals surface area contributed by atoms with E-state index < -0.39 is 11.5 Å². The second-order valence-electron chi connectivity index (χ2n) is 3.91. The van der Waals surface area contributed by atoms with Crippen molar-refractivity contribution in [3.63, 3.8) is 0 Å². The van der Waals surface area contributed by atoms with Gasteiger partial charge in [0.05, 0.1) is 12.8 Å². The van der Waals surface area contributed by atoms with Crippen LogP contribution < -0.4 is 14.8 Å². The minimum absolute atomic E-state index is 0.0989. The van der Waals surface area contributed by atoms with Crippen molar-refractivity contribution in [2.75, 3.05) is 19.0 Å². The van der Waals surface area contributed by atoms with E-state index in [9.17, 15) is 4.79 Å². The van der Waals surface area contributed by atoms with Crippen molar-refractivity contribution in [2.24, 2.45) is 0 Å². The van der Waals surface area contributed by atoms with E-state index >= 15 is 0 Å². The number of carboxylic acid groups (broad SMARTS) is 1. The molecule has 1 aromatic carbocycles. The average molecular weight is 223 g/mol. The maximum absolute atomic E-state index is 11.1. The lowest BCUT2D eigenvalue weighted by atomic mass is 10.0. The number of carbonyl (C=O) groups is 1. The fourth-order valence-corrected chi connectivity index (χ4v) is 1.53. The quantitative estimate of drug-likeness (QED) is 0.792. The Labute approximate surface area is 93.0 Å². The van der Waals surface area contributed by atoms with E-state index in [2.05, 4.69) is 5.32 Å². The minimum atomic E-state index is -1.10. The third-order valence-corrected chi connectivity index (χ3v) is 2.59. The zero-order chi connectivity index (χ0) is 11.8. The first-order valence-electron chi connectivity index (χ1n) is 4.87. The molecule has 2 N–H and O–H groups in total. The molecule has 1 atom stereocenters. The molecule has 0 fully saturated rings. The van der Waals surface area contributed by atoms with Gasteiger partial charge in [0.1, 0.15) is 18.1 Å². The first kappa shape index (κ1) is 10.6. The summed E-state index contributed by atoms with van der Waals surface area (Å²) in [6.45, 7) is 1.68. The fraction of sp³-hybridized carbons (Fsp3) is 0.364. The van der Waals surface area contributed by atoms with E-state index in [-0.39, 0.29) is 6.61 Å². The van der Waals surface area contributed by atoms with Crippen LogP contribution in [0.2, 0.25) is 0 Å². The molecule has 16 heavy (non-hydrogen) atoms. The Hall–Kier alpha value is -1.91. The zero-order valence-corrected chi connectivity index (χ0v) is 9.11. The van der Waals surface area contributed by atoms with Crippen molar-refractivity contribution in [3.8, 4) is 11.5 Å². The first-order valence-corrected chi connectivity index (χ1v) is 4.87. The second-order valence-corrected chi connectivity index (χ2v) is 3.91. The summed E-state index contributed by atoms with van der Waals surface area (Å²) >= 11 is 0. The molecule has 0 amide bonds. The van der Waals surface area contributed by atoms with E-state index in [1.165, 1.54) is 0 Å². The van der Waals surface area contributed by atoms with Crippen molar-refractivity contribution in [3.05, 3.63) is 18.2 Å². The Morgan fingerprint density at radius 2 is 2.38 bits per heavy atom. The molecule has 0 saturated heterocycles. The first-order chi connectivity index (χ1) is 7.55. The molecule has 1 unspecified atom stereocenters. The van der Waals surface area contributed by atoms with Gasteiger partial charge < -0.3 is 19.9 Å². The van der Waals surface area contributed by atoms with Crippen LogP contribution >= 0.6 is 0 Å². The zero-order valence-electron chi connectivity index (χ0n) is 9.11. The largest absolute Gasteiger partial charge is 0.497 e. The number of hydrogen-bond donors (Lipinski definition) is 2. The topological polar surface area (TPSA) is 67.8 Å². The summed E-state index contributed by atoms with van der Waals surface area (Å²) in [5.41, 5.74) is -0.463. The number of rotatable bonds is 2. The molecule has 0 saturated carbocycles. The summed E-state index contributed by atoms with van der Waals surface area (Å²) in [4.78, 5) is 11.1. The summed E-state index contributed by atoms with van der Waals surface area (Å²) in [5, 5.41) is 12.0. The molecule has 1 aromatic rings. The van der Waals surface area contributed by atoms with Gasteiger partial charge in [0.15, 0.2) is 5.54 Å². The Balaban J connectivity index is 2.35. The lowest BCUT2D eigenvalue weighted by Crippen LogP contribution is -2.50. The lowest BCUT2D eigenvalue weighted by molar-refractivity contribution is -0.143. The van der Waals surface area contributed by atoms with Gasteiger partial charge in [-0.05, 0) is 19.1 Å². The predicted molar refractivity (Wildman–Crippen MR) is 58.2 cm³/mol. The van der Waals surface area contributed by atoms with Crippen molar-refractivity contribution >= 4 is 11.7 Å². The highest BCUT2D eigenvalue weighted by Crippen LogP contribution is 2.35. The fourth-order valence-electron chi connectivity index (χ4n) is 1.53. The van der Waals surface area contributed by atoms with Crippen LogP contribution in [0, 0.1) is 0 Å². The summed E-state index contributed by atoms with van der Waals surface area (Å²) in [5.74, 6) is 0.352. The van der Waals surface area contributed by atoms with Crippen LogP contribution in [-0.4, -0.2) is 30.3 Å². The van der Waals surface area contributed by atoms with E-state index in [4.69, 9.17) is 14.6 Å². The number of hydrogen-bond acceptors (Lipinski definition) is 4. The molecule has 5 nitrogen and oxygen atoms in total. The van der Waals surface area contributed by atoms with Crippen LogP contribution in [0.3, 0.4) is 0 Å². The number of fused-ring (bicyclic) bond motifs is 1. The maximum Gasteiger partial charge on any atom is 0.332 e. The smallest absolute Gasteiger partial charge is 0.332 e. The van der Waals surface area contributed by atoms with Crippen LogP contribution in [0.15, 0.2) is 18.2 Å². The molecule has 1 heterocycles. The summed E-state index contributed by atoms with van der Waals surface area (Å²) < 4.78 is 10.5. The lowest BCUT2D eigenvalue weighted by Gasteiger charge is -2.33. The minimum Gasteiger partial charge on any atom is -0.497 e. The third-order valence-electron chi connectivity index (χ3n) is 2.59. The highest BCUT2D eigenvalue weighted by atomic mass is 16.5. The SMILES string of the molecule is COc1ccc2c(c1)NC(C)(C(=O)O)CO2. The van der Waals surface area contributed by atoms with Gasteiger partial charge in [-0.1, -0.05) is 0 Å². The molecule has 0 bridgehead atoms. The third kappa shape index (κ3) is 1.64. The van der Waals surface area contributed by atoms with Crippen molar-refractivity contribution < 1.29 is 19.4 Å². The molecular weight excluding hydrogens is 210 g/mol. The van der Waals surface area contributed by atoms with Crippen molar-refractivity contribution in [1.82, 2.24) is 0 Å². The Morgan fingerprint density at radius 1 is 1.62 bits per heavy atom. The molecular formula is C11H13NO4. The molecule has 0 radical (unpaired) electrons. The van der Waals surface area contributed by atoms with Crippen LogP contribution in [-0.2, 0) is 4.79 Å². The Kier molecular flexibility index (Phi) is 2.38. The Morgan fingerprint density at radius 3 is 3.00 bits per heavy atom. The van der Waals surface area contributed by atoms with Crippen molar-refractivity contribution in [2.45, 2.75) is 12.5 Å². The molecule has 86 valence electrons. The summed E-state index contributed by atoms with van der Waals surface area (Å²) in [6, 6.07) is 5.24. The van der Waals surface area contributed by atoms with Gasteiger partial charge in [-0.15, -0.1) is 0 Å². The van der Waals surface area contributed by atoms with Gasteiger partial charge in [0, 0.05) is 6.07 Å². The summed E-state index contributed by atoms with van der Waals surface area (Å²) in [7, 11) is 1.56. The van der Waals surface area contributed by atoms with E-state index in [1.807, 2.05) is 0 Å². The molecule has 0 aliphatic carbocycles. The van der Waals surface area contributed by atoms with Gasteiger partial charge in [0.2, 0.25) is 0 Å². The number of carboxylic acids is 1. The number of nitrogens with one attached hydrogen (secondary N) is 1. The number of ether oxygens (including phenoxy) is 2. The summed E-state index contributed by atoms with van der Waals surface area (Å²) in [6.07, 6.45) is 0. The van der Waals surface area contributed by atoms with Gasteiger partial charge in [-0.2, -0.15) is 0 Å². The normalized spacial score (nSPS) is 22.6. The van der Waals surface area contributed by atoms with E-state index in [0.29, 0.717) is 17.2 Å². The van der Waals surface area contributed by atoms with E-state index in [1.54, 1.807) is 32.2 Å². The number of methoxy groups -OCH3 is 1. The van der Waals surface area contributed by atoms with Gasteiger partial charge in [-0.3, -0.25) is 0 Å². The molecule has 2 rings (SSSR count). The second kappa shape index (κ2) is 3.59. The molecule has 1 aliphatic heterocycles. The van der Waals surface area contributed by atoms with Gasteiger partial charge in [0.25, 0.3) is 0 Å². The van der Waals surface area contributed by atoms with Crippen LogP contribution in [0.5, 0.6) is 11.5 Å². The number of anilines is 1. The predicted octanol–water partition coefficient (Wildman–Crippen LogP) is 1.34. The highest BCUT2D eigenvalue weighted by molar-refractivity contribution is 5.84. The van der Waals surface area contributed by atoms with Crippen LogP contribution in [0.25, 0.3) is 0 Å². The molecule has 1 aliphatic rings. The van der Waals surface area contributed by atoms with Crippen molar-refractivity contribution in [1.29, 1.82) is 0 Å². The Bertz CT molecular complexity index is 432. The van der Waals surface area contributed by atoms with Crippen LogP contribution in [0.1, 0.15) is 6.92 Å². The monoisotopic (exact) mass is 223 g/mol. The molecule has 0 spiro atoms. The number of benzene rings is 1. The number of aliphatic carboxylic acids is 1. The molecule has 0 aromatic heterocycles. The van der Waals surface area contributed by atoms with E-state index in [0.717, 1.165) is 0 Å². The average Bonchev–Trinajstić information content (AvgIpc) is 2.27.